The Morgan fingerprint density at radius 2 is 1.80 bits per heavy atom. The van der Waals surface area contributed by atoms with Gasteiger partial charge >= 0.3 is 0 Å². The molecule has 5 heteroatoms. The number of hydrogen-bond donors (Lipinski definition) is 3. The number of furan rings is 1. The molecule has 4 heterocycles. The largest absolute Gasteiger partial charge is 0.451 e. The Kier molecular flexibility index (Phi) is 4.03. The first-order valence-electron chi connectivity index (χ1n) is 10.6. The van der Waals surface area contributed by atoms with Gasteiger partial charge in [0.1, 0.15) is 5.76 Å². The Balaban J connectivity index is 1.18. The zero-order chi connectivity index (χ0) is 20.1. The maximum atomic E-state index is 12.6. The van der Waals surface area contributed by atoms with Crippen LogP contribution in [0.3, 0.4) is 0 Å². The first-order chi connectivity index (χ1) is 14.7. The minimum absolute atomic E-state index is 0.129. The first kappa shape index (κ1) is 17.5. The smallest absolute Gasteiger partial charge is 0.287 e. The van der Waals surface area contributed by atoms with Gasteiger partial charge in [0.2, 0.25) is 0 Å². The molecule has 0 spiro atoms. The highest BCUT2D eigenvalue weighted by Crippen LogP contribution is 2.30. The van der Waals surface area contributed by atoms with Gasteiger partial charge in [0.25, 0.3) is 5.91 Å². The molecule has 30 heavy (non-hydrogen) atoms. The Bertz CT molecular complexity index is 1190. The normalized spacial score (nSPS) is 22.6. The van der Waals surface area contributed by atoms with Crippen molar-refractivity contribution >= 4 is 16.8 Å². The van der Waals surface area contributed by atoms with Crippen molar-refractivity contribution in [2.24, 2.45) is 0 Å². The number of rotatable bonds is 4. The molecule has 4 aromatic rings. The second-order valence-electron chi connectivity index (χ2n) is 8.37. The summed E-state index contributed by atoms with van der Waals surface area (Å²) in [5.74, 6) is 0.942. The maximum absolute atomic E-state index is 12.6. The lowest BCUT2D eigenvalue weighted by atomic mass is 9.95. The third-order valence-electron chi connectivity index (χ3n) is 6.46. The molecule has 2 aromatic heterocycles. The number of fused-ring (bicyclic) bond motifs is 3. The van der Waals surface area contributed by atoms with E-state index < -0.39 is 0 Å². The third-order valence-corrected chi connectivity index (χ3v) is 6.46. The summed E-state index contributed by atoms with van der Waals surface area (Å²) in [6.45, 7) is 0. The minimum atomic E-state index is -0.129. The van der Waals surface area contributed by atoms with Crippen LogP contribution in [-0.2, 0) is 0 Å². The number of aromatic nitrogens is 1. The van der Waals surface area contributed by atoms with Crippen LogP contribution in [0.1, 0.15) is 29.8 Å². The van der Waals surface area contributed by atoms with Crippen LogP contribution < -0.4 is 10.6 Å². The lowest BCUT2D eigenvalue weighted by Crippen LogP contribution is -2.42. The summed E-state index contributed by atoms with van der Waals surface area (Å²) >= 11 is 0. The molecule has 6 rings (SSSR count). The lowest BCUT2D eigenvalue weighted by Gasteiger charge is -2.20. The molecule has 5 nitrogen and oxygen atoms in total. The van der Waals surface area contributed by atoms with Crippen LogP contribution in [0.15, 0.2) is 71.1 Å². The molecule has 2 fully saturated rings. The van der Waals surface area contributed by atoms with E-state index in [0.717, 1.165) is 35.2 Å². The van der Waals surface area contributed by atoms with Gasteiger partial charge in [-0.15, -0.1) is 0 Å². The van der Waals surface area contributed by atoms with E-state index in [2.05, 4.69) is 45.9 Å². The Morgan fingerprint density at radius 1 is 0.967 bits per heavy atom. The molecule has 3 N–H and O–H groups in total. The van der Waals surface area contributed by atoms with E-state index in [9.17, 15) is 4.79 Å². The number of aromatic amines is 1. The van der Waals surface area contributed by atoms with E-state index in [0.29, 0.717) is 23.6 Å². The van der Waals surface area contributed by atoms with E-state index in [1.165, 1.54) is 11.8 Å². The molecular weight excluding hydrogens is 374 g/mol. The molecule has 3 atom stereocenters. The molecule has 0 radical (unpaired) electrons. The van der Waals surface area contributed by atoms with Crippen molar-refractivity contribution in [3.05, 3.63) is 72.5 Å². The van der Waals surface area contributed by atoms with Crippen molar-refractivity contribution < 1.29 is 9.21 Å². The summed E-state index contributed by atoms with van der Waals surface area (Å²) in [6, 6.07) is 23.4. The molecule has 2 saturated heterocycles. The number of carbonyl (C=O) groups excluding carboxylic acids is 1. The first-order valence-corrected chi connectivity index (χ1v) is 10.6. The summed E-state index contributed by atoms with van der Waals surface area (Å²) in [4.78, 5) is 16.1. The average molecular weight is 397 g/mol. The summed E-state index contributed by atoms with van der Waals surface area (Å²) in [6.07, 6.45) is 3.37. The topological polar surface area (TPSA) is 70.1 Å². The predicted molar refractivity (Wildman–Crippen MR) is 117 cm³/mol. The van der Waals surface area contributed by atoms with E-state index in [4.69, 9.17) is 4.42 Å². The van der Waals surface area contributed by atoms with Gasteiger partial charge in [-0.2, -0.15) is 0 Å². The van der Waals surface area contributed by atoms with Gasteiger partial charge < -0.3 is 20.0 Å². The summed E-state index contributed by atoms with van der Waals surface area (Å²) < 4.78 is 5.88. The zero-order valence-electron chi connectivity index (χ0n) is 16.5. The summed E-state index contributed by atoms with van der Waals surface area (Å²) in [5, 5.41) is 7.88. The molecule has 2 aliphatic rings. The number of benzene rings is 2. The predicted octanol–water partition coefficient (Wildman–Crippen LogP) is 4.72. The second kappa shape index (κ2) is 6.89. The zero-order valence-corrected chi connectivity index (χ0v) is 16.5. The van der Waals surface area contributed by atoms with Gasteiger partial charge in [-0.1, -0.05) is 42.5 Å². The van der Waals surface area contributed by atoms with Crippen LogP contribution in [0.2, 0.25) is 0 Å². The van der Waals surface area contributed by atoms with Crippen molar-refractivity contribution in [2.45, 2.75) is 37.4 Å². The third kappa shape index (κ3) is 3.02. The molecular formula is C25H23N3O2. The van der Waals surface area contributed by atoms with Gasteiger partial charge in [-0.3, -0.25) is 4.79 Å². The molecule has 2 aliphatic heterocycles. The van der Waals surface area contributed by atoms with E-state index in [1.807, 2.05) is 30.3 Å². The highest BCUT2D eigenvalue weighted by molar-refractivity contribution is 5.92. The molecule has 0 unspecified atom stereocenters. The fraction of sp³-hybridized carbons (Fsp3) is 0.240. The molecule has 150 valence electrons. The van der Waals surface area contributed by atoms with Crippen LogP contribution in [0, 0.1) is 0 Å². The molecule has 0 aliphatic carbocycles. The Morgan fingerprint density at radius 3 is 2.57 bits per heavy atom. The van der Waals surface area contributed by atoms with Crippen LogP contribution in [0.5, 0.6) is 0 Å². The molecule has 2 aromatic carbocycles. The molecule has 2 bridgehead atoms. The standard InChI is InChI=1S/C25H23N3O2/c29-25(28-22-14-18-9-10-20(22)26-18)24-12-11-23(30-24)16-7-5-15(6-8-16)21-13-17-3-1-2-4-19(17)27-21/h1-8,11-13,18,20,22,26-27H,9-10,14H2,(H,28,29)/t18-,20+,22-/m1/s1. The van der Waals surface area contributed by atoms with E-state index >= 15 is 0 Å². The van der Waals surface area contributed by atoms with Crippen LogP contribution in [0.4, 0.5) is 0 Å². The number of carbonyl (C=O) groups is 1. The van der Waals surface area contributed by atoms with E-state index in [1.54, 1.807) is 6.07 Å². The van der Waals surface area contributed by atoms with Gasteiger partial charge in [-0.25, -0.2) is 0 Å². The lowest BCUT2D eigenvalue weighted by molar-refractivity contribution is 0.0903. The number of hydrogen-bond acceptors (Lipinski definition) is 3. The van der Waals surface area contributed by atoms with E-state index in [-0.39, 0.29) is 11.9 Å². The Hall–Kier alpha value is -3.31. The summed E-state index contributed by atoms with van der Waals surface area (Å²) in [7, 11) is 0. The van der Waals surface area contributed by atoms with Crippen LogP contribution in [-0.4, -0.2) is 29.0 Å². The number of nitrogens with one attached hydrogen (secondary N) is 3. The monoisotopic (exact) mass is 397 g/mol. The second-order valence-corrected chi connectivity index (χ2v) is 8.37. The fourth-order valence-corrected chi connectivity index (χ4v) is 4.88. The highest BCUT2D eigenvalue weighted by Gasteiger charge is 2.39. The highest BCUT2D eigenvalue weighted by atomic mass is 16.3. The molecule has 1 amide bonds. The van der Waals surface area contributed by atoms with Gasteiger partial charge in [0, 0.05) is 40.3 Å². The van der Waals surface area contributed by atoms with Crippen molar-refractivity contribution in [3.63, 3.8) is 0 Å². The van der Waals surface area contributed by atoms with Crippen LogP contribution >= 0.6 is 0 Å². The quantitative estimate of drug-likeness (QED) is 0.467. The van der Waals surface area contributed by atoms with Crippen molar-refractivity contribution in [2.75, 3.05) is 0 Å². The van der Waals surface area contributed by atoms with Crippen molar-refractivity contribution in [1.82, 2.24) is 15.6 Å². The number of para-hydroxylation sites is 1. The minimum Gasteiger partial charge on any atom is -0.451 e. The SMILES string of the molecule is O=C(N[C@@H]1C[C@H]2CC[C@@H]1N2)c1ccc(-c2ccc(-c3cc4ccccc4[nH]3)cc2)o1. The summed E-state index contributed by atoms with van der Waals surface area (Å²) in [5.41, 5.74) is 4.28. The Labute approximate surface area is 174 Å². The van der Waals surface area contributed by atoms with Crippen molar-refractivity contribution in [1.29, 1.82) is 0 Å². The fourth-order valence-electron chi connectivity index (χ4n) is 4.88. The molecule has 0 saturated carbocycles. The van der Waals surface area contributed by atoms with Gasteiger partial charge in [0.15, 0.2) is 5.76 Å². The maximum Gasteiger partial charge on any atom is 0.287 e. The number of amides is 1. The van der Waals surface area contributed by atoms with Crippen LogP contribution in [0.25, 0.3) is 33.5 Å². The van der Waals surface area contributed by atoms with Gasteiger partial charge in [-0.05, 0) is 49.1 Å². The van der Waals surface area contributed by atoms with Gasteiger partial charge in [0.05, 0.1) is 0 Å². The van der Waals surface area contributed by atoms with Crippen molar-refractivity contribution in [3.8, 4) is 22.6 Å². The number of H-pyrrole nitrogens is 1. The average Bonchev–Trinajstić information content (AvgIpc) is 3.57.